The van der Waals surface area contributed by atoms with E-state index in [2.05, 4.69) is 55.4 Å². The Hall–Kier alpha value is -1.41. The van der Waals surface area contributed by atoms with Gasteiger partial charge in [0.1, 0.15) is 0 Å². The van der Waals surface area contributed by atoms with Crippen LogP contribution in [0, 0.1) is 23.7 Å². The van der Waals surface area contributed by atoms with Gasteiger partial charge in [-0.2, -0.15) is 0 Å². The maximum atomic E-state index is 11.1. The minimum atomic E-state index is -0.583. The Labute approximate surface area is 470 Å². The van der Waals surface area contributed by atoms with Crippen LogP contribution in [-0.2, 0) is 40.9 Å². The SMILES string of the molecule is CCCCCCCCC(CCCCCC)C(=O)O.CCCCCCCCC(CCCCCC)C(=O)O.CCCCCCCCC(CCCCCC)C(=O)O.CCCCCCCCC(CCCCCC)C(=O)O.[Ti]. The summed E-state index contributed by atoms with van der Waals surface area (Å²) in [6, 6.07) is 0. The Balaban J connectivity index is -0.000000280. The van der Waals surface area contributed by atoms with Crippen molar-refractivity contribution in [3.05, 3.63) is 0 Å². The summed E-state index contributed by atoms with van der Waals surface area (Å²) in [6.45, 7) is 17.6. The van der Waals surface area contributed by atoms with Crippen molar-refractivity contribution in [3.8, 4) is 0 Å². The van der Waals surface area contributed by atoms with Gasteiger partial charge < -0.3 is 20.4 Å². The predicted molar refractivity (Wildman–Crippen MR) is 312 cm³/mol. The van der Waals surface area contributed by atoms with Crippen molar-refractivity contribution in [2.75, 3.05) is 0 Å². The Morgan fingerprint density at radius 1 is 0.205 bits per heavy atom. The standard InChI is InChI=1S/4C16H32O2.Ti/c4*1-3-5-7-9-10-12-14-15(16(17)18)13-11-8-6-4-2;/h4*15H,3-14H2,1-2H3,(H,17,18);. The molecule has 0 aliphatic rings. The molecular weight excluding hydrogens is 945 g/mol. The number of carboxylic acids is 4. The van der Waals surface area contributed by atoms with Crippen molar-refractivity contribution < 1.29 is 61.3 Å². The molecule has 73 heavy (non-hydrogen) atoms. The minimum Gasteiger partial charge on any atom is -0.481 e. The summed E-state index contributed by atoms with van der Waals surface area (Å²) in [5.74, 6) is -2.69. The van der Waals surface area contributed by atoms with Gasteiger partial charge in [-0.25, -0.2) is 0 Å². The molecule has 0 aromatic carbocycles. The summed E-state index contributed by atoms with van der Waals surface area (Å²) in [5, 5.41) is 36.7. The van der Waals surface area contributed by atoms with E-state index < -0.39 is 23.9 Å². The van der Waals surface area contributed by atoms with Gasteiger partial charge in [-0.15, -0.1) is 0 Å². The summed E-state index contributed by atoms with van der Waals surface area (Å²) >= 11 is 0. The second kappa shape index (κ2) is 68.6. The van der Waals surface area contributed by atoms with Crippen LogP contribution in [0.1, 0.15) is 364 Å². The van der Waals surface area contributed by atoms with Crippen LogP contribution in [0.2, 0.25) is 0 Å². The van der Waals surface area contributed by atoms with Crippen LogP contribution in [0.25, 0.3) is 0 Å². The summed E-state index contributed by atoms with van der Waals surface area (Å²) in [6.07, 6.45) is 55.9. The van der Waals surface area contributed by atoms with E-state index in [-0.39, 0.29) is 45.4 Å². The number of hydrogen-bond donors (Lipinski definition) is 4. The second-order valence-corrected chi connectivity index (χ2v) is 21.8. The number of rotatable bonds is 52. The third-order valence-corrected chi connectivity index (χ3v) is 14.6. The monoisotopic (exact) mass is 1070 g/mol. The molecule has 0 radical (unpaired) electrons. The quantitative estimate of drug-likeness (QED) is 0.0348. The first kappa shape index (κ1) is 80.5. The van der Waals surface area contributed by atoms with Crippen LogP contribution in [0.4, 0.5) is 0 Å². The first-order valence-corrected chi connectivity index (χ1v) is 31.8. The molecule has 0 aliphatic carbocycles. The van der Waals surface area contributed by atoms with Crippen molar-refractivity contribution in [2.45, 2.75) is 364 Å². The molecule has 4 atom stereocenters. The van der Waals surface area contributed by atoms with Crippen LogP contribution in [-0.4, -0.2) is 44.3 Å². The van der Waals surface area contributed by atoms with Crippen molar-refractivity contribution in [1.29, 1.82) is 0 Å². The van der Waals surface area contributed by atoms with Crippen LogP contribution >= 0.6 is 0 Å². The summed E-state index contributed by atoms with van der Waals surface area (Å²) in [7, 11) is 0. The number of carboxylic acid groups (broad SMARTS) is 4. The summed E-state index contributed by atoms with van der Waals surface area (Å²) in [4.78, 5) is 44.5. The number of aliphatic carboxylic acids is 4. The molecule has 4 N–H and O–H groups in total. The van der Waals surface area contributed by atoms with Crippen LogP contribution < -0.4 is 0 Å². The molecule has 0 aliphatic heterocycles. The van der Waals surface area contributed by atoms with E-state index in [9.17, 15) is 39.6 Å². The molecule has 0 aromatic heterocycles. The zero-order chi connectivity index (χ0) is 54.6. The van der Waals surface area contributed by atoms with E-state index in [4.69, 9.17) is 0 Å². The Kier molecular flexibility index (Phi) is 75.6. The fourth-order valence-electron chi connectivity index (χ4n) is 9.52. The molecule has 8 nitrogen and oxygen atoms in total. The Bertz CT molecular complexity index is 934. The Morgan fingerprint density at radius 3 is 0.411 bits per heavy atom. The molecule has 0 heterocycles. The van der Waals surface area contributed by atoms with Gasteiger partial charge in [0, 0.05) is 21.7 Å². The zero-order valence-corrected chi connectivity index (χ0v) is 51.7. The molecule has 0 spiro atoms. The Morgan fingerprint density at radius 2 is 0.301 bits per heavy atom. The van der Waals surface area contributed by atoms with Crippen LogP contribution in [0.15, 0.2) is 0 Å². The molecule has 4 unspecified atom stereocenters. The second-order valence-electron chi connectivity index (χ2n) is 21.8. The summed E-state index contributed by atoms with van der Waals surface area (Å²) in [5.41, 5.74) is 0. The molecule has 9 heteroatoms. The average Bonchev–Trinajstić information content (AvgIpc) is 3.36. The minimum absolute atomic E-state index is 0. The van der Waals surface area contributed by atoms with Crippen molar-refractivity contribution in [1.82, 2.24) is 0 Å². The van der Waals surface area contributed by atoms with Crippen LogP contribution in [0.5, 0.6) is 0 Å². The van der Waals surface area contributed by atoms with Gasteiger partial charge in [-0.3, -0.25) is 19.2 Å². The molecule has 0 amide bonds. The van der Waals surface area contributed by atoms with Crippen molar-refractivity contribution in [3.63, 3.8) is 0 Å². The van der Waals surface area contributed by atoms with Crippen LogP contribution in [0.3, 0.4) is 0 Å². The van der Waals surface area contributed by atoms with E-state index in [1.54, 1.807) is 0 Å². The normalized spacial score (nSPS) is 12.4. The topological polar surface area (TPSA) is 149 Å². The molecule has 0 saturated carbocycles. The molecule has 436 valence electrons. The maximum Gasteiger partial charge on any atom is 0.306 e. The van der Waals surface area contributed by atoms with Gasteiger partial charge in [0.15, 0.2) is 0 Å². The van der Waals surface area contributed by atoms with E-state index in [1.807, 2.05) is 0 Å². The van der Waals surface area contributed by atoms with Gasteiger partial charge >= 0.3 is 23.9 Å². The van der Waals surface area contributed by atoms with E-state index >= 15 is 0 Å². The van der Waals surface area contributed by atoms with E-state index in [1.165, 1.54) is 205 Å². The van der Waals surface area contributed by atoms with Gasteiger partial charge in [-0.05, 0) is 51.4 Å². The molecular formula is C64H128O8Ti. The van der Waals surface area contributed by atoms with E-state index in [0.29, 0.717) is 0 Å². The van der Waals surface area contributed by atoms with E-state index in [0.717, 1.165) is 103 Å². The number of carbonyl (C=O) groups is 4. The first-order valence-electron chi connectivity index (χ1n) is 31.8. The molecule has 0 fully saturated rings. The number of unbranched alkanes of at least 4 members (excludes halogenated alkanes) is 32. The van der Waals surface area contributed by atoms with Gasteiger partial charge in [0.05, 0.1) is 23.7 Å². The zero-order valence-electron chi connectivity index (χ0n) is 50.2. The van der Waals surface area contributed by atoms with Gasteiger partial charge in [-0.1, -0.05) is 312 Å². The molecule has 0 bridgehead atoms. The third-order valence-electron chi connectivity index (χ3n) is 14.6. The number of hydrogen-bond acceptors (Lipinski definition) is 4. The largest absolute Gasteiger partial charge is 0.481 e. The molecule has 0 saturated heterocycles. The summed E-state index contributed by atoms with van der Waals surface area (Å²) < 4.78 is 0. The van der Waals surface area contributed by atoms with Crippen molar-refractivity contribution >= 4 is 23.9 Å². The predicted octanol–water partition coefficient (Wildman–Crippen LogP) is 21.6. The maximum absolute atomic E-state index is 11.1. The smallest absolute Gasteiger partial charge is 0.306 e. The first-order chi connectivity index (χ1) is 34.9. The average molecular weight is 1070 g/mol. The van der Waals surface area contributed by atoms with Gasteiger partial charge in [0.25, 0.3) is 0 Å². The fourth-order valence-corrected chi connectivity index (χ4v) is 9.52. The van der Waals surface area contributed by atoms with Gasteiger partial charge in [0.2, 0.25) is 0 Å². The third kappa shape index (κ3) is 66.7. The fraction of sp³-hybridized carbons (Fsp3) is 0.938. The van der Waals surface area contributed by atoms with Crippen molar-refractivity contribution in [2.24, 2.45) is 23.7 Å². The molecule has 0 aromatic rings. The molecule has 0 rings (SSSR count).